The van der Waals surface area contributed by atoms with Gasteiger partial charge in [-0.3, -0.25) is 9.69 Å². The van der Waals surface area contributed by atoms with E-state index in [-0.39, 0.29) is 5.91 Å². The molecule has 1 N–H and O–H groups in total. The number of hydrogen-bond donors (Lipinski definition) is 1. The van der Waals surface area contributed by atoms with Gasteiger partial charge in [0, 0.05) is 6.54 Å². The predicted octanol–water partition coefficient (Wildman–Crippen LogP) is 2.44. The molecule has 1 unspecified atom stereocenters. The van der Waals surface area contributed by atoms with Crippen molar-refractivity contribution < 1.29 is 4.79 Å². The molecule has 0 aromatic rings. The number of amides is 1. The standard InChI is InChI=1S/C15H28N2O/c1-5-9-16-14(18)12-17-10-6-7-13(8-11-17)15(2,3)4/h5,13H,1,6-12H2,2-4H3,(H,16,18). The van der Waals surface area contributed by atoms with Crippen molar-refractivity contribution in [3.8, 4) is 0 Å². The van der Waals surface area contributed by atoms with E-state index in [0.29, 0.717) is 18.5 Å². The summed E-state index contributed by atoms with van der Waals surface area (Å²) in [6.45, 7) is 13.8. The van der Waals surface area contributed by atoms with Crippen LogP contribution in [0.25, 0.3) is 0 Å². The first-order valence-corrected chi connectivity index (χ1v) is 7.03. The van der Waals surface area contributed by atoms with Gasteiger partial charge in [-0.1, -0.05) is 26.8 Å². The highest BCUT2D eigenvalue weighted by Crippen LogP contribution is 2.34. The van der Waals surface area contributed by atoms with Gasteiger partial charge in [-0.05, 0) is 43.7 Å². The van der Waals surface area contributed by atoms with Gasteiger partial charge in [-0.25, -0.2) is 0 Å². The lowest BCUT2D eigenvalue weighted by atomic mass is 9.77. The van der Waals surface area contributed by atoms with Crippen molar-refractivity contribution in [3.63, 3.8) is 0 Å². The van der Waals surface area contributed by atoms with E-state index in [1.807, 2.05) is 0 Å². The molecule has 0 aromatic carbocycles. The first-order chi connectivity index (χ1) is 8.43. The van der Waals surface area contributed by atoms with Gasteiger partial charge >= 0.3 is 0 Å². The molecule has 0 radical (unpaired) electrons. The van der Waals surface area contributed by atoms with Gasteiger partial charge in [0.15, 0.2) is 0 Å². The first kappa shape index (κ1) is 15.2. The predicted molar refractivity (Wildman–Crippen MR) is 76.4 cm³/mol. The van der Waals surface area contributed by atoms with Crippen LogP contribution in [0.3, 0.4) is 0 Å². The maximum Gasteiger partial charge on any atom is 0.234 e. The number of carbonyl (C=O) groups is 1. The summed E-state index contributed by atoms with van der Waals surface area (Å²) in [7, 11) is 0. The van der Waals surface area contributed by atoms with Crippen LogP contribution in [0.15, 0.2) is 12.7 Å². The maximum atomic E-state index is 11.7. The summed E-state index contributed by atoms with van der Waals surface area (Å²) in [6.07, 6.45) is 5.42. The number of nitrogens with one attached hydrogen (secondary N) is 1. The van der Waals surface area contributed by atoms with Crippen molar-refractivity contribution in [2.75, 3.05) is 26.2 Å². The highest BCUT2D eigenvalue weighted by Gasteiger charge is 2.27. The third-order valence-corrected chi connectivity index (χ3v) is 3.86. The second-order valence-corrected chi connectivity index (χ2v) is 6.36. The Morgan fingerprint density at radius 3 is 2.72 bits per heavy atom. The molecule has 0 saturated carbocycles. The van der Waals surface area contributed by atoms with Gasteiger partial charge < -0.3 is 5.32 Å². The van der Waals surface area contributed by atoms with E-state index in [9.17, 15) is 4.79 Å². The summed E-state index contributed by atoms with van der Waals surface area (Å²) in [5, 5.41) is 2.84. The van der Waals surface area contributed by atoms with Crippen LogP contribution in [0.4, 0.5) is 0 Å². The van der Waals surface area contributed by atoms with E-state index in [1.165, 1.54) is 19.3 Å². The summed E-state index contributed by atoms with van der Waals surface area (Å²) in [5.74, 6) is 0.892. The largest absolute Gasteiger partial charge is 0.352 e. The van der Waals surface area contributed by atoms with Gasteiger partial charge in [0.2, 0.25) is 5.91 Å². The molecule has 1 amide bonds. The van der Waals surface area contributed by atoms with Crippen LogP contribution in [-0.4, -0.2) is 37.0 Å². The normalized spacial score (nSPS) is 22.3. The minimum absolute atomic E-state index is 0.115. The summed E-state index contributed by atoms with van der Waals surface area (Å²) >= 11 is 0. The van der Waals surface area contributed by atoms with E-state index in [0.717, 1.165) is 19.0 Å². The molecular weight excluding hydrogens is 224 g/mol. The monoisotopic (exact) mass is 252 g/mol. The van der Waals surface area contributed by atoms with Crippen LogP contribution < -0.4 is 5.32 Å². The van der Waals surface area contributed by atoms with Crippen LogP contribution in [0.1, 0.15) is 40.0 Å². The Bertz CT molecular complexity index is 281. The molecule has 18 heavy (non-hydrogen) atoms. The van der Waals surface area contributed by atoms with Crippen LogP contribution in [0.5, 0.6) is 0 Å². The van der Waals surface area contributed by atoms with Crippen LogP contribution >= 0.6 is 0 Å². The van der Waals surface area contributed by atoms with Crippen molar-refractivity contribution >= 4 is 5.91 Å². The number of carbonyl (C=O) groups excluding carboxylic acids is 1. The molecule has 1 saturated heterocycles. The quantitative estimate of drug-likeness (QED) is 0.779. The van der Waals surface area contributed by atoms with E-state index in [4.69, 9.17) is 0 Å². The molecule has 1 rings (SSSR count). The van der Waals surface area contributed by atoms with Gasteiger partial charge in [0.1, 0.15) is 0 Å². The zero-order valence-electron chi connectivity index (χ0n) is 12.2. The summed E-state index contributed by atoms with van der Waals surface area (Å²) in [6, 6.07) is 0. The smallest absolute Gasteiger partial charge is 0.234 e. The second kappa shape index (κ2) is 6.93. The third kappa shape index (κ3) is 5.21. The number of rotatable bonds is 4. The summed E-state index contributed by atoms with van der Waals surface area (Å²) in [5.41, 5.74) is 0.390. The SMILES string of the molecule is C=CCNC(=O)CN1CCCC(C(C)(C)C)CC1. The minimum atomic E-state index is 0.115. The Kier molecular flexibility index (Phi) is 5.86. The number of likely N-dealkylation sites (tertiary alicyclic amines) is 1. The average molecular weight is 252 g/mol. The lowest BCUT2D eigenvalue weighted by molar-refractivity contribution is -0.122. The van der Waals surface area contributed by atoms with Crippen LogP contribution in [0, 0.1) is 11.3 Å². The third-order valence-electron chi connectivity index (χ3n) is 3.86. The average Bonchev–Trinajstić information content (AvgIpc) is 2.51. The fourth-order valence-electron chi connectivity index (χ4n) is 2.62. The van der Waals surface area contributed by atoms with Gasteiger partial charge in [0.05, 0.1) is 6.54 Å². The molecule has 0 spiro atoms. The highest BCUT2D eigenvalue weighted by molar-refractivity contribution is 5.78. The van der Waals surface area contributed by atoms with Gasteiger partial charge in [0.25, 0.3) is 0 Å². The van der Waals surface area contributed by atoms with Crippen LogP contribution in [0.2, 0.25) is 0 Å². The fraction of sp³-hybridized carbons (Fsp3) is 0.800. The minimum Gasteiger partial charge on any atom is -0.352 e. The number of nitrogens with zero attached hydrogens (tertiary/aromatic N) is 1. The molecule has 3 nitrogen and oxygen atoms in total. The second-order valence-electron chi connectivity index (χ2n) is 6.36. The highest BCUT2D eigenvalue weighted by atomic mass is 16.2. The summed E-state index contributed by atoms with van der Waals surface area (Å²) < 4.78 is 0. The molecule has 0 aliphatic carbocycles. The Hall–Kier alpha value is -0.830. The lowest BCUT2D eigenvalue weighted by Crippen LogP contribution is -2.38. The molecular formula is C15H28N2O. The van der Waals surface area contributed by atoms with Crippen LogP contribution in [-0.2, 0) is 4.79 Å². The molecule has 1 aliphatic heterocycles. The Balaban J connectivity index is 2.38. The molecule has 1 fully saturated rings. The van der Waals surface area contributed by atoms with Gasteiger partial charge in [-0.15, -0.1) is 6.58 Å². The fourth-order valence-corrected chi connectivity index (χ4v) is 2.62. The zero-order valence-corrected chi connectivity index (χ0v) is 12.2. The van der Waals surface area contributed by atoms with Crippen molar-refractivity contribution in [3.05, 3.63) is 12.7 Å². The Morgan fingerprint density at radius 2 is 2.11 bits per heavy atom. The molecule has 0 bridgehead atoms. The lowest BCUT2D eigenvalue weighted by Gasteiger charge is -2.29. The molecule has 0 aromatic heterocycles. The molecule has 1 aliphatic rings. The van der Waals surface area contributed by atoms with Crippen molar-refractivity contribution in [2.24, 2.45) is 11.3 Å². The van der Waals surface area contributed by atoms with Crippen molar-refractivity contribution in [1.82, 2.24) is 10.2 Å². The van der Waals surface area contributed by atoms with Crippen molar-refractivity contribution in [1.29, 1.82) is 0 Å². The van der Waals surface area contributed by atoms with Gasteiger partial charge in [-0.2, -0.15) is 0 Å². The molecule has 1 atom stereocenters. The van der Waals surface area contributed by atoms with E-state index in [2.05, 4.69) is 37.6 Å². The number of hydrogen-bond acceptors (Lipinski definition) is 2. The Labute approximate surface area is 112 Å². The van der Waals surface area contributed by atoms with Crippen molar-refractivity contribution in [2.45, 2.75) is 40.0 Å². The topological polar surface area (TPSA) is 32.3 Å². The zero-order chi connectivity index (χ0) is 13.6. The van der Waals surface area contributed by atoms with E-state index in [1.54, 1.807) is 6.08 Å². The van der Waals surface area contributed by atoms with E-state index < -0.39 is 0 Å². The maximum absolute atomic E-state index is 11.7. The van der Waals surface area contributed by atoms with E-state index >= 15 is 0 Å². The summed E-state index contributed by atoms with van der Waals surface area (Å²) in [4.78, 5) is 13.9. The molecule has 104 valence electrons. The Morgan fingerprint density at radius 1 is 1.39 bits per heavy atom. The molecule has 3 heteroatoms. The first-order valence-electron chi connectivity index (χ1n) is 7.03. The molecule has 1 heterocycles.